The first kappa shape index (κ1) is 16.7. The van der Waals surface area contributed by atoms with Gasteiger partial charge in [-0.1, -0.05) is 38.5 Å². The van der Waals surface area contributed by atoms with E-state index in [1.807, 2.05) is 0 Å². The lowest BCUT2D eigenvalue weighted by Crippen LogP contribution is -2.42. The first-order valence-corrected chi connectivity index (χ1v) is 10.6. The average molecular weight is 335 g/mol. The second-order valence-corrected chi connectivity index (χ2v) is 9.15. The molecule has 6 atom stereocenters. The first-order valence-electron chi connectivity index (χ1n) is 10.6. The van der Waals surface area contributed by atoms with Crippen LogP contribution in [-0.2, 0) is 0 Å². The van der Waals surface area contributed by atoms with Gasteiger partial charge in [0, 0.05) is 35.4 Å². The zero-order chi connectivity index (χ0) is 16.5. The van der Waals surface area contributed by atoms with Crippen molar-refractivity contribution in [3.63, 3.8) is 0 Å². The van der Waals surface area contributed by atoms with E-state index in [1.165, 1.54) is 51.4 Å². The molecule has 0 amide bonds. The lowest BCUT2D eigenvalue weighted by atomic mass is 9.69. The summed E-state index contributed by atoms with van der Waals surface area (Å²) in [5.74, 6) is 3.08. The Bertz CT molecular complexity index is 436. The number of hydroxylamine groups is 2. The SMILES string of the molecule is [O-]/[N+](C1CC[C@@H]2CCCC[C@@H]2C1)=[N+](/[O-])C1CC[C@@H]2CCCC[C@@H]2C1. The zero-order valence-electron chi connectivity index (χ0n) is 15.1. The van der Waals surface area contributed by atoms with Crippen molar-refractivity contribution in [2.75, 3.05) is 0 Å². The third-order valence-electron chi connectivity index (χ3n) is 7.84. The molecular formula is C20H34N2O2. The van der Waals surface area contributed by atoms with Crippen LogP contribution >= 0.6 is 0 Å². The van der Waals surface area contributed by atoms with Crippen molar-refractivity contribution in [1.82, 2.24) is 0 Å². The van der Waals surface area contributed by atoms with Gasteiger partial charge >= 0.3 is 0 Å². The monoisotopic (exact) mass is 334 g/mol. The van der Waals surface area contributed by atoms with Crippen LogP contribution in [0.25, 0.3) is 0 Å². The normalized spacial score (nSPS) is 44.2. The molecule has 24 heavy (non-hydrogen) atoms. The maximum atomic E-state index is 12.8. The molecule has 0 spiro atoms. The van der Waals surface area contributed by atoms with Crippen molar-refractivity contribution < 1.29 is 9.72 Å². The third-order valence-corrected chi connectivity index (χ3v) is 7.84. The molecule has 2 unspecified atom stereocenters. The summed E-state index contributed by atoms with van der Waals surface area (Å²) < 4.78 is 0. The van der Waals surface area contributed by atoms with Crippen molar-refractivity contribution in [3.05, 3.63) is 10.4 Å². The van der Waals surface area contributed by atoms with Gasteiger partial charge in [0.15, 0.2) is 0 Å². The van der Waals surface area contributed by atoms with E-state index in [0.29, 0.717) is 11.8 Å². The van der Waals surface area contributed by atoms with Gasteiger partial charge < -0.3 is 10.4 Å². The van der Waals surface area contributed by atoms with E-state index in [-0.39, 0.29) is 12.1 Å². The summed E-state index contributed by atoms with van der Waals surface area (Å²) in [7, 11) is 0. The molecule has 0 bridgehead atoms. The molecule has 4 aliphatic rings. The lowest BCUT2D eigenvalue weighted by Gasteiger charge is -2.38. The molecule has 0 N–H and O–H groups in total. The maximum absolute atomic E-state index is 12.8. The second kappa shape index (κ2) is 7.21. The highest BCUT2D eigenvalue weighted by atomic mass is 16.6. The Balaban J connectivity index is 1.41. The minimum absolute atomic E-state index is 0.0501. The van der Waals surface area contributed by atoms with E-state index in [1.54, 1.807) is 0 Å². The van der Waals surface area contributed by atoms with Crippen LogP contribution in [0.2, 0.25) is 0 Å². The van der Waals surface area contributed by atoms with Gasteiger partial charge in [0.2, 0.25) is 12.1 Å². The van der Waals surface area contributed by atoms with Crippen LogP contribution in [0.3, 0.4) is 0 Å². The fraction of sp³-hybridized carbons (Fsp3) is 1.00. The molecule has 4 heteroatoms. The minimum Gasteiger partial charge on any atom is -0.567 e. The smallest absolute Gasteiger partial charge is 0.229 e. The van der Waals surface area contributed by atoms with Gasteiger partial charge in [-0.25, -0.2) is 0 Å². The van der Waals surface area contributed by atoms with Gasteiger partial charge in [-0.2, -0.15) is 0 Å². The van der Waals surface area contributed by atoms with E-state index >= 15 is 0 Å². The topological polar surface area (TPSA) is 52.1 Å². The van der Waals surface area contributed by atoms with Crippen LogP contribution in [0, 0.1) is 34.1 Å². The van der Waals surface area contributed by atoms with Gasteiger partial charge in [-0.3, -0.25) is 0 Å². The van der Waals surface area contributed by atoms with Crippen molar-refractivity contribution in [2.24, 2.45) is 23.7 Å². The summed E-state index contributed by atoms with van der Waals surface area (Å²) in [4.78, 5) is 1.75. The van der Waals surface area contributed by atoms with Crippen molar-refractivity contribution >= 4 is 0 Å². The Kier molecular flexibility index (Phi) is 5.00. The molecule has 0 radical (unpaired) electrons. The summed E-state index contributed by atoms with van der Waals surface area (Å²) >= 11 is 0. The number of hydrogen-bond acceptors (Lipinski definition) is 2. The highest BCUT2D eigenvalue weighted by Gasteiger charge is 2.42. The molecule has 0 saturated heterocycles. The van der Waals surface area contributed by atoms with Crippen molar-refractivity contribution in [3.8, 4) is 0 Å². The van der Waals surface area contributed by atoms with E-state index in [9.17, 15) is 10.4 Å². The summed E-state index contributed by atoms with van der Waals surface area (Å²) in [6.07, 6.45) is 16.7. The standard InChI is InChI=1S/C20H34N2O2/c23-21(19-11-9-15-5-1-3-7-17(15)13-19)22(24)20-12-10-16-6-2-4-8-18(16)14-20/h15-20H,1-14H2/b22-21+/t15-,16-,17+,18+,19?,20?/m0/s1. The molecule has 4 fully saturated rings. The average Bonchev–Trinajstić information content (AvgIpc) is 2.66. The highest BCUT2D eigenvalue weighted by molar-refractivity contribution is 4.84. The van der Waals surface area contributed by atoms with Crippen LogP contribution in [-0.4, -0.2) is 21.8 Å². The number of fused-ring (bicyclic) bond motifs is 2. The number of hydrogen-bond donors (Lipinski definition) is 0. The zero-order valence-corrected chi connectivity index (χ0v) is 15.1. The summed E-state index contributed by atoms with van der Waals surface area (Å²) in [6.45, 7) is 0. The first-order chi connectivity index (χ1) is 11.7. The quantitative estimate of drug-likeness (QED) is 0.397. The Hall–Kier alpha value is -0.800. The molecular weight excluding hydrogens is 300 g/mol. The Morgan fingerprint density at radius 1 is 0.458 bits per heavy atom. The van der Waals surface area contributed by atoms with Crippen molar-refractivity contribution in [2.45, 2.75) is 102 Å². The van der Waals surface area contributed by atoms with E-state index in [0.717, 1.165) is 60.1 Å². The van der Waals surface area contributed by atoms with Crippen LogP contribution in [0.5, 0.6) is 0 Å². The fourth-order valence-corrected chi connectivity index (χ4v) is 6.42. The largest absolute Gasteiger partial charge is 0.567 e. The van der Waals surface area contributed by atoms with Crippen LogP contribution in [0.4, 0.5) is 0 Å². The molecule has 0 aliphatic heterocycles. The van der Waals surface area contributed by atoms with Gasteiger partial charge in [-0.15, -0.1) is 0 Å². The second-order valence-electron chi connectivity index (χ2n) is 9.15. The molecule has 4 saturated carbocycles. The molecule has 4 rings (SSSR count). The summed E-state index contributed by atoms with van der Waals surface area (Å²) in [5, 5.41) is 25.5. The minimum atomic E-state index is -0.0501. The summed E-state index contributed by atoms with van der Waals surface area (Å²) in [6, 6.07) is -0.100. The van der Waals surface area contributed by atoms with Crippen LogP contribution in [0.1, 0.15) is 89.9 Å². The molecule has 4 nitrogen and oxygen atoms in total. The molecule has 136 valence electrons. The van der Waals surface area contributed by atoms with E-state index in [4.69, 9.17) is 0 Å². The van der Waals surface area contributed by atoms with E-state index < -0.39 is 0 Å². The van der Waals surface area contributed by atoms with Gasteiger partial charge in [-0.05, 0) is 49.4 Å². The number of azo groups is 1. The molecule has 0 aromatic heterocycles. The van der Waals surface area contributed by atoms with E-state index in [2.05, 4.69) is 0 Å². The molecule has 0 aromatic rings. The van der Waals surface area contributed by atoms with Crippen molar-refractivity contribution in [1.29, 1.82) is 0 Å². The molecule has 0 aromatic carbocycles. The number of rotatable bonds is 2. The Labute approximate surface area is 146 Å². The van der Waals surface area contributed by atoms with Gasteiger partial charge in [0.05, 0.1) is 0 Å². The van der Waals surface area contributed by atoms with Crippen LogP contribution in [0.15, 0.2) is 0 Å². The summed E-state index contributed by atoms with van der Waals surface area (Å²) in [5.41, 5.74) is 0. The van der Waals surface area contributed by atoms with Crippen LogP contribution < -0.4 is 0 Å². The number of nitrogens with zero attached hydrogens (tertiary/aromatic N) is 2. The molecule has 4 aliphatic carbocycles. The fourth-order valence-electron chi connectivity index (χ4n) is 6.42. The Morgan fingerprint density at radius 3 is 1.25 bits per heavy atom. The highest BCUT2D eigenvalue weighted by Crippen LogP contribution is 2.43. The predicted molar refractivity (Wildman–Crippen MR) is 93.4 cm³/mol. The molecule has 0 heterocycles. The van der Waals surface area contributed by atoms with Gasteiger partial charge in [0.25, 0.3) is 0 Å². The van der Waals surface area contributed by atoms with Gasteiger partial charge in [0.1, 0.15) is 0 Å². The maximum Gasteiger partial charge on any atom is 0.229 e. The predicted octanol–water partition coefficient (Wildman–Crippen LogP) is 5.18. The Morgan fingerprint density at radius 2 is 0.833 bits per heavy atom. The third kappa shape index (κ3) is 3.30. The lowest BCUT2D eigenvalue weighted by molar-refractivity contribution is -0.998.